The van der Waals surface area contributed by atoms with Crippen molar-refractivity contribution in [3.8, 4) is 6.07 Å². The molecule has 0 saturated carbocycles. The fourth-order valence-electron chi connectivity index (χ4n) is 2.71. The molecule has 1 aliphatic rings. The maximum atomic E-state index is 11.4. The number of carboxylic acid groups (broad SMARTS) is 1. The number of benzene rings is 1. The Balaban J connectivity index is 2.31. The second-order valence-electron chi connectivity index (χ2n) is 5.24. The number of nitrogens with zero attached hydrogens (tertiary/aromatic N) is 2. The smallest absolute Gasteiger partial charge is 0.311 e. The summed E-state index contributed by atoms with van der Waals surface area (Å²) in [4.78, 5) is 13.5. The number of nitriles is 1. The van der Waals surface area contributed by atoms with Crippen LogP contribution in [0.1, 0.15) is 30.9 Å². The van der Waals surface area contributed by atoms with Gasteiger partial charge in [0.2, 0.25) is 0 Å². The molecule has 4 heteroatoms. The van der Waals surface area contributed by atoms with Crippen LogP contribution in [0, 0.1) is 23.7 Å². The van der Waals surface area contributed by atoms with Crippen molar-refractivity contribution < 1.29 is 9.90 Å². The Morgan fingerprint density at radius 2 is 2.32 bits per heavy atom. The van der Waals surface area contributed by atoms with Crippen molar-refractivity contribution in [2.24, 2.45) is 5.41 Å². The molecule has 0 spiro atoms. The number of rotatable bonds is 3. The molecular formula is C15H18N2O2. The van der Waals surface area contributed by atoms with Gasteiger partial charge in [0.05, 0.1) is 16.7 Å². The van der Waals surface area contributed by atoms with Crippen molar-refractivity contribution in [1.29, 1.82) is 5.26 Å². The molecule has 1 heterocycles. The summed E-state index contributed by atoms with van der Waals surface area (Å²) < 4.78 is 0. The topological polar surface area (TPSA) is 64.3 Å². The Hall–Kier alpha value is -2.02. The maximum Gasteiger partial charge on any atom is 0.311 e. The highest BCUT2D eigenvalue weighted by Gasteiger charge is 2.43. The molecule has 100 valence electrons. The van der Waals surface area contributed by atoms with Crippen LogP contribution in [-0.4, -0.2) is 24.2 Å². The molecule has 0 bridgehead atoms. The average Bonchev–Trinajstić information content (AvgIpc) is 2.84. The Morgan fingerprint density at radius 3 is 2.84 bits per heavy atom. The summed E-state index contributed by atoms with van der Waals surface area (Å²) in [5.74, 6) is -0.733. The SMILES string of the molecule is CCC1(C(=O)O)CCN(c2ccc(C)cc2C#N)C1. The van der Waals surface area contributed by atoms with Gasteiger partial charge in [-0.2, -0.15) is 5.26 Å². The zero-order valence-electron chi connectivity index (χ0n) is 11.3. The normalized spacial score (nSPS) is 22.3. The van der Waals surface area contributed by atoms with E-state index in [0.29, 0.717) is 31.5 Å². The van der Waals surface area contributed by atoms with Crippen LogP contribution in [-0.2, 0) is 4.79 Å². The molecule has 1 N–H and O–H groups in total. The lowest BCUT2D eigenvalue weighted by molar-refractivity contribution is -0.147. The van der Waals surface area contributed by atoms with E-state index in [1.807, 2.05) is 36.9 Å². The largest absolute Gasteiger partial charge is 0.481 e. The molecule has 19 heavy (non-hydrogen) atoms. The number of aryl methyl sites for hydroxylation is 1. The number of anilines is 1. The molecular weight excluding hydrogens is 240 g/mol. The molecule has 1 atom stereocenters. The minimum absolute atomic E-state index is 0.483. The third-order valence-electron chi connectivity index (χ3n) is 4.10. The third-order valence-corrected chi connectivity index (χ3v) is 4.10. The third kappa shape index (κ3) is 2.28. The Morgan fingerprint density at radius 1 is 1.58 bits per heavy atom. The summed E-state index contributed by atoms with van der Waals surface area (Å²) >= 11 is 0. The molecule has 1 saturated heterocycles. The highest BCUT2D eigenvalue weighted by molar-refractivity contribution is 5.77. The first kappa shape index (κ1) is 13.4. The number of aliphatic carboxylic acids is 1. The van der Waals surface area contributed by atoms with Crippen LogP contribution in [0.2, 0.25) is 0 Å². The summed E-state index contributed by atoms with van der Waals surface area (Å²) in [5, 5.41) is 18.6. The predicted molar refractivity (Wildman–Crippen MR) is 73.1 cm³/mol. The summed E-state index contributed by atoms with van der Waals surface area (Å²) in [7, 11) is 0. The summed E-state index contributed by atoms with van der Waals surface area (Å²) in [6.07, 6.45) is 1.25. The van der Waals surface area contributed by atoms with E-state index >= 15 is 0 Å². The fourth-order valence-corrected chi connectivity index (χ4v) is 2.71. The lowest BCUT2D eigenvalue weighted by Crippen LogP contribution is -2.34. The fraction of sp³-hybridized carbons (Fsp3) is 0.467. The Kier molecular flexibility index (Phi) is 3.48. The molecule has 0 aromatic heterocycles. The van der Waals surface area contributed by atoms with E-state index < -0.39 is 11.4 Å². The van der Waals surface area contributed by atoms with E-state index in [9.17, 15) is 15.2 Å². The second-order valence-corrected chi connectivity index (χ2v) is 5.24. The number of carboxylic acids is 1. The molecule has 1 aromatic carbocycles. The summed E-state index contributed by atoms with van der Waals surface area (Å²) in [5.41, 5.74) is 1.85. The second kappa shape index (κ2) is 4.93. The summed E-state index contributed by atoms with van der Waals surface area (Å²) in [6, 6.07) is 7.93. The minimum atomic E-state index is -0.733. The van der Waals surface area contributed by atoms with Crippen LogP contribution in [0.25, 0.3) is 0 Å². The highest BCUT2D eigenvalue weighted by Crippen LogP contribution is 2.37. The van der Waals surface area contributed by atoms with Crippen LogP contribution < -0.4 is 4.90 Å². The molecule has 1 fully saturated rings. The van der Waals surface area contributed by atoms with Gasteiger partial charge in [0.15, 0.2) is 0 Å². The van der Waals surface area contributed by atoms with E-state index in [4.69, 9.17) is 0 Å². The standard InChI is InChI=1S/C15H18N2O2/c1-3-15(14(18)19)6-7-17(10-15)13-5-4-11(2)8-12(13)9-16/h4-5,8H,3,6-7,10H2,1-2H3,(H,18,19). The maximum absolute atomic E-state index is 11.4. The van der Waals surface area contributed by atoms with Gasteiger partial charge >= 0.3 is 5.97 Å². The molecule has 0 radical (unpaired) electrons. The van der Waals surface area contributed by atoms with Crippen LogP contribution in [0.15, 0.2) is 18.2 Å². The molecule has 0 amide bonds. The predicted octanol–water partition coefficient (Wildman–Crippen LogP) is 2.56. The van der Waals surface area contributed by atoms with Crippen LogP contribution in [0.4, 0.5) is 5.69 Å². The number of carbonyl (C=O) groups is 1. The van der Waals surface area contributed by atoms with E-state index in [2.05, 4.69) is 6.07 Å². The first-order chi connectivity index (χ1) is 9.02. The van der Waals surface area contributed by atoms with Gasteiger partial charge in [-0.05, 0) is 37.5 Å². The molecule has 1 unspecified atom stereocenters. The van der Waals surface area contributed by atoms with Crippen molar-refractivity contribution in [3.05, 3.63) is 29.3 Å². The molecule has 2 rings (SSSR count). The number of hydrogen-bond donors (Lipinski definition) is 1. The van der Waals surface area contributed by atoms with Crippen LogP contribution in [0.5, 0.6) is 0 Å². The quantitative estimate of drug-likeness (QED) is 0.905. The van der Waals surface area contributed by atoms with Gasteiger partial charge in [-0.15, -0.1) is 0 Å². The van der Waals surface area contributed by atoms with Crippen LogP contribution in [0.3, 0.4) is 0 Å². The minimum Gasteiger partial charge on any atom is -0.481 e. The monoisotopic (exact) mass is 258 g/mol. The molecule has 0 aliphatic carbocycles. The lowest BCUT2D eigenvalue weighted by Gasteiger charge is -2.24. The first-order valence-corrected chi connectivity index (χ1v) is 6.51. The van der Waals surface area contributed by atoms with E-state index in [1.54, 1.807) is 0 Å². The van der Waals surface area contributed by atoms with Gasteiger partial charge in [0, 0.05) is 13.1 Å². The van der Waals surface area contributed by atoms with Crippen molar-refractivity contribution in [1.82, 2.24) is 0 Å². The zero-order valence-corrected chi connectivity index (χ0v) is 11.3. The zero-order chi connectivity index (χ0) is 14.0. The number of hydrogen-bond acceptors (Lipinski definition) is 3. The van der Waals surface area contributed by atoms with Gasteiger partial charge in [-0.1, -0.05) is 13.0 Å². The van der Waals surface area contributed by atoms with Gasteiger partial charge in [0.25, 0.3) is 0 Å². The van der Waals surface area contributed by atoms with Gasteiger partial charge in [0.1, 0.15) is 6.07 Å². The average molecular weight is 258 g/mol. The summed E-state index contributed by atoms with van der Waals surface area (Å²) in [6.45, 7) is 5.04. The van der Waals surface area contributed by atoms with Gasteiger partial charge in [-0.25, -0.2) is 0 Å². The van der Waals surface area contributed by atoms with Crippen molar-refractivity contribution in [3.63, 3.8) is 0 Å². The lowest BCUT2D eigenvalue weighted by atomic mass is 9.84. The highest BCUT2D eigenvalue weighted by atomic mass is 16.4. The van der Waals surface area contributed by atoms with Crippen LogP contribution >= 0.6 is 0 Å². The first-order valence-electron chi connectivity index (χ1n) is 6.51. The van der Waals surface area contributed by atoms with E-state index in [0.717, 1.165) is 11.3 Å². The Bertz CT molecular complexity index is 548. The van der Waals surface area contributed by atoms with Crippen molar-refractivity contribution >= 4 is 11.7 Å². The Labute approximate surface area is 113 Å². The van der Waals surface area contributed by atoms with Gasteiger partial charge in [-0.3, -0.25) is 4.79 Å². The molecule has 4 nitrogen and oxygen atoms in total. The van der Waals surface area contributed by atoms with Crippen molar-refractivity contribution in [2.45, 2.75) is 26.7 Å². The van der Waals surface area contributed by atoms with Gasteiger partial charge < -0.3 is 10.0 Å². The van der Waals surface area contributed by atoms with E-state index in [1.165, 1.54) is 0 Å². The van der Waals surface area contributed by atoms with E-state index in [-0.39, 0.29) is 0 Å². The molecule has 1 aliphatic heterocycles. The molecule has 1 aromatic rings. The van der Waals surface area contributed by atoms with Crippen molar-refractivity contribution in [2.75, 3.05) is 18.0 Å².